The average molecular weight is 311 g/mol. The SMILES string of the molecule is CC(C)(C)N1CC(NC(=O)NC2CCC(CO)CC2)CC1=O. The number of carbonyl (C=O) groups is 2. The van der Waals surface area contributed by atoms with Gasteiger partial charge in [-0.15, -0.1) is 0 Å². The Balaban J connectivity index is 1.75. The Labute approximate surface area is 132 Å². The summed E-state index contributed by atoms with van der Waals surface area (Å²) in [4.78, 5) is 25.9. The van der Waals surface area contributed by atoms with Crippen molar-refractivity contribution in [2.24, 2.45) is 5.92 Å². The van der Waals surface area contributed by atoms with E-state index in [1.165, 1.54) is 0 Å². The molecule has 22 heavy (non-hydrogen) atoms. The summed E-state index contributed by atoms with van der Waals surface area (Å²) in [5.41, 5.74) is -0.202. The lowest BCUT2D eigenvalue weighted by molar-refractivity contribution is -0.131. The van der Waals surface area contributed by atoms with E-state index in [4.69, 9.17) is 5.11 Å². The van der Waals surface area contributed by atoms with Crippen molar-refractivity contribution < 1.29 is 14.7 Å². The third-order valence-corrected chi connectivity index (χ3v) is 4.71. The van der Waals surface area contributed by atoms with Gasteiger partial charge in [-0.25, -0.2) is 4.79 Å². The molecule has 3 N–H and O–H groups in total. The number of amides is 3. The Kier molecular flexibility index (Phi) is 5.32. The van der Waals surface area contributed by atoms with Gasteiger partial charge in [-0.05, 0) is 52.4 Å². The number of likely N-dealkylation sites (tertiary alicyclic amines) is 1. The van der Waals surface area contributed by atoms with Crippen molar-refractivity contribution in [3.8, 4) is 0 Å². The molecule has 3 amide bonds. The van der Waals surface area contributed by atoms with Crippen LogP contribution in [0.5, 0.6) is 0 Å². The molecule has 6 nitrogen and oxygen atoms in total. The van der Waals surface area contributed by atoms with E-state index < -0.39 is 0 Å². The summed E-state index contributed by atoms with van der Waals surface area (Å²) in [5, 5.41) is 15.0. The molecule has 0 bridgehead atoms. The van der Waals surface area contributed by atoms with Gasteiger partial charge in [0.15, 0.2) is 0 Å². The molecule has 0 aromatic rings. The summed E-state index contributed by atoms with van der Waals surface area (Å²) in [6.45, 7) is 6.84. The van der Waals surface area contributed by atoms with E-state index in [0.29, 0.717) is 18.9 Å². The smallest absolute Gasteiger partial charge is 0.315 e. The van der Waals surface area contributed by atoms with Crippen LogP contribution < -0.4 is 10.6 Å². The molecule has 0 radical (unpaired) electrons. The van der Waals surface area contributed by atoms with E-state index in [0.717, 1.165) is 25.7 Å². The number of aliphatic hydroxyl groups is 1. The Morgan fingerprint density at radius 2 is 1.77 bits per heavy atom. The zero-order valence-electron chi connectivity index (χ0n) is 13.9. The molecule has 0 aromatic heterocycles. The zero-order chi connectivity index (χ0) is 16.3. The van der Waals surface area contributed by atoms with Crippen LogP contribution in [-0.2, 0) is 4.79 Å². The first-order chi connectivity index (χ1) is 10.3. The molecule has 0 spiro atoms. The average Bonchev–Trinajstić information content (AvgIpc) is 2.80. The fourth-order valence-electron chi connectivity index (χ4n) is 3.35. The molecule has 1 saturated heterocycles. The third kappa shape index (κ3) is 4.35. The van der Waals surface area contributed by atoms with Gasteiger partial charge in [0.05, 0.1) is 6.04 Å². The van der Waals surface area contributed by atoms with Crippen LogP contribution in [0.3, 0.4) is 0 Å². The minimum atomic E-state index is -0.202. The molecule has 1 aliphatic carbocycles. The van der Waals surface area contributed by atoms with Crippen molar-refractivity contribution in [1.29, 1.82) is 0 Å². The second-order valence-corrected chi connectivity index (χ2v) is 7.59. The van der Waals surface area contributed by atoms with Gasteiger partial charge >= 0.3 is 6.03 Å². The maximum Gasteiger partial charge on any atom is 0.315 e. The molecule has 1 saturated carbocycles. The van der Waals surface area contributed by atoms with Crippen LogP contribution in [0.1, 0.15) is 52.9 Å². The largest absolute Gasteiger partial charge is 0.396 e. The number of hydrogen-bond acceptors (Lipinski definition) is 3. The van der Waals surface area contributed by atoms with Gasteiger partial charge in [0.1, 0.15) is 0 Å². The molecule has 2 aliphatic rings. The Hall–Kier alpha value is -1.30. The first-order valence-electron chi connectivity index (χ1n) is 8.28. The van der Waals surface area contributed by atoms with Crippen molar-refractivity contribution in [1.82, 2.24) is 15.5 Å². The van der Waals surface area contributed by atoms with E-state index in [9.17, 15) is 9.59 Å². The standard InChI is InChI=1S/C16H29N3O3/c1-16(2,3)19-9-13(8-14(19)21)18-15(22)17-12-6-4-11(10-20)5-7-12/h11-13,20H,4-10H2,1-3H3,(H2,17,18,22). The van der Waals surface area contributed by atoms with E-state index in [1.807, 2.05) is 25.7 Å². The first-order valence-corrected chi connectivity index (χ1v) is 8.28. The zero-order valence-corrected chi connectivity index (χ0v) is 13.9. The molecular formula is C16H29N3O3. The van der Waals surface area contributed by atoms with Crippen LogP contribution in [0.15, 0.2) is 0 Å². The second kappa shape index (κ2) is 6.86. The van der Waals surface area contributed by atoms with E-state index in [1.54, 1.807) is 0 Å². The van der Waals surface area contributed by atoms with Crippen LogP contribution in [-0.4, -0.2) is 52.7 Å². The summed E-state index contributed by atoms with van der Waals surface area (Å²) < 4.78 is 0. The summed E-state index contributed by atoms with van der Waals surface area (Å²) in [5.74, 6) is 0.482. The molecule has 1 atom stereocenters. The molecule has 6 heteroatoms. The van der Waals surface area contributed by atoms with Crippen molar-refractivity contribution >= 4 is 11.9 Å². The Morgan fingerprint density at radius 1 is 1.18 bits per heavy atom. The van der Waals surface area contributed by atoms with Crippen LogP contribution >= 0.6 is 0 Å². The fourth-order valence-corrected chi connectivity index (χ4v) is 3.35. The molecule has 1 unspecified atom stereocenters. The number of rotatable bonds is 3. The number of carbonyl (C=O) groups excluding carboxylic acids is 2. The minimum absolute atomic E-state index is 0.0984. The van der Waals surface area contributed by atoms with Crippen LogP contribution in [0, 0.1) is 5.92 Å². The van der Waals surface area contributed by atoms with Crippen LogP contribution in [0.4, 0.5) is 4.79 Å². The first kappa shape index (κ1) is 17.1. The van der Waals surface area contributed by atoms with Crippen molar-refractivity contribution in [3.63, 3.8) is 0 Å². The minimum Gasteiger partial charge on any atom is -0.396 e. The van der Waals surface area contributed by atoms with Crippen molar-refractivity contribution in [2.75, 3.05) is 13.2 Å². The number of nitrogens with zero attached hydrogens (tertiary/aromatic N) is 1. The van der Waals surface area contributed by atoms with Gasteiger partial charge in [-0.3, -0.25) is 4.79 Å². The molecular weight excluding hydrogens is 282 g/mol. The predicted octanol–water partition coefficient (Wildman–Crippen LogP) is 1.24. The third-order valence-electron chi connectivity index (χ3n) is 4.71. The summed E-state index contributed by atoms with van der Waals surface area (Å²) >= 11 is 0. The molecule has 2 fully saturated rings. The van der Waals surface area contributed by atoms with Gasteiger partial charge < -0.3 is 20.6 Å². The summed E-state index contributed by atoms with van der Waals surface area (Å²) in [6.07, 6.45) is 4.12. The fraction of sp³-hybridized carbons (Fsp3) is 0.875. The number of hydrogen-bond donors (Lipinski definition) is 3. The number of aliphatic hydroxyl groups excluding tert-OH is 1. The Bertz CT molecular complexity index is 411. The van der Waals surface area contributed by atoms with Crippen LogP contribution in [0.25, 0.3) is 0 Å². The number of urea groups is 1. The lowest BCUT2D eigenvalue weighted by atomic mass is 9.87. The predicted molar refractivity (Wildman–Crippen MR) is 84.4 cm³/mol. The van der Waals surface area contributed by atoms with Gasteiger partial charge in [0, 0.05) is 31.2 Å². The lowest BCUT2D eigenvalue weighted by Gasteiger charge is -2.32. The maximum absolute atomic E-state index is 12.1. The van der Waals surface area contributed by atoms with Gasteiger partial charge in [-0.1, -0.05) is 0 Å². The quantitative estimate of drug-likeness (QED) is 0.733. The van der Waals surface area contributed by atoms with Crippen LogP contribution in [0.2, 0.25) is 0 Å². The highest BCUT2D eigenvalue weighted by Crippen LogP contribution is 2.24. The molecule has 0 aromatic carbocycles. The van der Waals surface area contributed by atoms with Crippen molar-refractivity contribution in [2.45, 2.75) is 70.5 Å². The Morgan fingerprint density at radius 3 is 2.27 bits per heavy atom. The summed E-state index contributed by atoms with van der Waals surface area (Å²) in [6, 6.07) is -0.111. The van der Waals surface area contributed by atoms with E-state index >= 15 is 0 Å². The highest BCUT2D eigenvalue weighted by atomic mass is 16.3. The highest BCUT2D eigenvalue weighted by Gasteiger charge is 2.37. The van der Waals surface area contributed by atoms with E-state index in [-0.39, 0.29) is 36.2 Å². The number of nitrogens with one attached hydrogen (secondary N) is 2. The van der Waals surface area contributed by atoms with Gasteiger partial charge in [0.2, 0.25) is 5.91 Å². The monoisotopic (exact) mass is 311 g/mol. The topological polar surface area (TPSA) is 81.7 Å². The normalized spacial score (nSPS) is 29.5. The molecule has 1 aliphatic heterocycles. The maximum atomic E-state index is 12.1. The van der Waals surface area contributed by atoms with Crippen molar-refractivity contribution in [3.05, 3.63) is 0 Å². The lowest BCUT2D eigenvalue weighted by Crippen LogP contribution is -2.49. The highest BCUT2D eigenvalue weighted by molar-refractivity contribution is 5.82. The molecule has 1 heterocycles. The van der Waals surface area contributed by atoms with Gasteiger partial charge in [0.25, 0.3) is 0 Å². The molecule has 126 valence electrons. The van der Waals surface area contributed by atoms with E-state index in [2.05, 4.69) is 10.6 Å². The molecule has 2 rings (SSSR count). The van der Waals surface area contributed by atoms with Gasteiger partial charge in [-0.2, -0.15) is 0 Å². The summed E-state index contributed by atoms with van der Waals surface area (Å²) in [7, 11) is 0. The second-order valence-electron chi connectivity index (χ2n) is 7.59.